The minimum Gasteiger partial charge on any atom is -0.508 e. The molecule has 0 aliphatic heterocycles. The van der Waals surface area contributed by atoms with Crippen LogP contribution in [0.2, 0.25) is 26.2 Å². The number of rotatable bonds is 4. The molecule has 2 radical (unpaired) electrons. The van der Waals surface area contributed by atoms with Gasteiger partial charge in [0.15, 0.2) is 0 Å². The Bertz CT molecular complexity index is 584. The van der Waals surface area contributed by atoms with Gasteiger partial charge in [0.1, 0.15) is 23.0 Å². The lowest BCUT2D eigenvalue weighted by molar-refractivity contribution is 0.456. The van der Waals surface area contributed by atoms with Crippen molar-refractivity contribution in [1.29, 1.82) is 0 Å². The lowest BCUT2D eigenvalue weighted by Gasteiger charge is -2.18. The molecule has 0 heterocycles. The van der Waals surface area contributed by atoms with Crippen molar-refractivity contribution >= 4 is 28.0 Å². The van der Waals surface area contributed by atoms with Crippen LogP contribution in [0, 0.1) is 0 Å². The van der Waals surface area contributed by atoms with E-state index in [1.807, 2.05) is 12.1 Å². The fourth-order valence-corrected chi connectivity index (χ4v) is 4.78. The highest BCUT2D eigenvalue weighted by atomic mass is 28.3. The summed E-state index contributed by atoms with van der Waals surface area (Å²) in [6.07, 6.45) is 0. The minimum atomic E-state index is -0.863. The van der Waals surface area contributed by atoms with Crippen molar-refractivity contribution in [3.63, 3.8) is 0 Å². The smallest absolute Gasteiger partial charge is 0.130 e. The maximum absolute atomic E-state index is 10.1. The molecule has 0 aromatic heterocycles. The average molecular weight is 317 g/mol. The van der Waals surface area contributed by atoms with E-state index in [0.717, 1.165) is 10.4 Å². The van der Waals surface area contributed by atoms with E-state index in [9.17, 15) is 10.2 Å². The molecule has 0 atom stereocenters. The van der Waals surface area contributed by atoms with Crippen molar-refractivity contribution in [2.24, 2.45) is 0 Å². The molecule has 0 fully saturated rings. The Kier molecular flexibility index (Phi) is 4.74. The van der Waals surface area contributed by atoms with E-state index < -0.39 is 17.6 Å². The molecule has 21 heavy (non-hydrogen) atoms. The summed E-state index contributed by atoms with van der Waals surface area (Å²) in [7, 11) is -1.73. The number of aromatic hydroxyl groups is 2. The molecule has 0 aliphatic rings. The van der Waals surface area contributed by atoms with Gasteiger partial charge in [0.25, 0.3) is 0 Å². The molecule has 3 nitrogen and oxygen atoms in total. The highest BCUT2D eigenvalue weighted by Crippen LogP contribution is 2.25. The number of phenolic OH excluding ortho intramolecular Hbond substituents is 2. The summed E-state index contributed by atoms with van der Waals surface area (Å²) in [5, 5.41) is 21.9. The highest BCUT2D eigenvalue weighted by molar-refractivity contribution is 6.73. The molecule has 0 unspecified atom stereocenters. The van der Waals surface area contributed by atoms with Gasteiger partial charge in [0, 0.05) is 10.4 Å². The van der Waals surface area contributed by atoms with Gasteiger partial charge in [-0.05, 0) is 24.3 Å². The Morgan fingerprint density at radius 1 is 0.714 bits per heavy atom. The van der Waals surface area contributed by atoms with Crippen LogP contribution in [-0.2, 0) is 0 Å². The molecular weight excluding hydrogens is 296 g/mol. The molecule has 0 aliphatic carbocycles. The second-order valence-electron chi connectivity index (χ2n) is 5.40. The summed E-state index contributed by atoms with van der Waals surface area (Å²) in [5.74, 6) is 1.94. The fraction of sp³-hybridized carbons (Fsp3) is 0.250. The van der Waals surface area contributed by atoms with Gasteiger partial charge < -0.3 is 14.9 Å². The molecule has 110 valence electrons. The lowest BCUT2D eigenvalue weighted by atomic mass is 10.3. The highest BCUT2D eigenvalue weighted by Gasteiger charge is 2.18. The predicted octanol–water partition coefficient (Wildman–Crippen LogP) is 2.81. The van der Waals surface area contributed by atoms with Gasteiger partial charge in [-0.2, -0.15) is 0 Å². The maximum atomic E-state index is 10.1. The number of benzene rings is 2. The number of phenols is 2. The maximum Gasteiger partial charge on any atom is 0.130 e. The Labute approximate surface area is 129 Å². The van der Waals surface area contributed by atoms with Crippen LogP contribution in [0.15, 0.2) is 36.4 Å². The average Bonchev–Trinajstić information content (AvgIpc) is 2.37. The molecule has 2 rings (SSSR count). The molecule has 2 aromatic rings. The van der Waals surface area contributed by atoms with Gasteiger partial charge in [-0.25, -0.2) is 0 Å². The van der Waals surface area contributed by atoms with Gasteiger partial charge >= 0.3 is 0 Å². The van der Waals surface area contributed by atoms with Gasteiger partial charge in [-0.3, -0.25) is 0 Å². The zero-order chi connectivity index (χ0) is 15.6. The second-order valence-corrected chi connectivity index (χ2v) is 10.4. The third-order valence-corrected chi connectivity index (χ3v) is 6.23. The van der Waals surface area contributed by atoms with Crippen molar-refractivity contribution in [3.05, 3.63) is 36.4 Å². The minimum absolute atomic E-state index is 0.284. The van der Waals surface area contributed by atoms with Crippen LogP contribution in [0.25, 0.3) is 0 Å². The van der Waals surface area contributed by atoms with Crippen molar-refractivity contribution in [1.82, 2.24) is 0 Å². The number of hydrogen-bond acceptors (Lipinski definition) is 3. The Morgan fingerprint density at radius 3 is 1.43 bits per heavy atom. The molecule has 5 heteroatoms. The van der Waals surface area contributed by atoms with Crippen LogP contribution in [0.4, 0.5) is 0 Å². The zero-order valence-electron chi connectivity index (χ0n) is 12.8. The summed E-state index contributed by atoms with van der Waals surface area (Å²) < 4.78 is 6.06. The van der Waals surface area contributed by atoms with Crippen molar-refractivity contribution in [2.45, 2.75) is 26.2 Å². The van der Waals surface area contributed by atoms with Crippen molar-refractivity contribution in [2.75, 3.05) is 0 Å². The standard InChI is InChI=1S/C16H20O3Si2/c1-20(2)15-11(17)7-5-9-13(15)19-14-10-6-8-12(18)16(14)21(3)4/h5-10,17-18H,1-4H3. The van der Waals surface area contributed by atoms with E-state index in [4.69, 9.17) is 4.74 Å². The first-order chi connectivity index (χ1) is 9.91. The molecule has 0 saturated heterocycles. The van der Waals surface area contributed by atoms with Crippen LogP contribution in [-0.4, -0.2) is 27.8 Å². The van der Waals surface area contributed by atoms with E-state index in [1.165, 1.54) is 0 Å². The summed E-state index contributed by atoms with van der Waals surface area (Å²) >= 11 is 0. The van der Waals surface area contributed by atoms with Gasteiger partial charge in [0.05, 0.1) is 17.6 Å². The quantitative estimate of drug-likeness (QED) is 0.853. The second kappa shape index (κ2) is 6.36. The first-order valence-electron chi connectivity index (χ1n) is 6.84. The van der Waals surface area contributed by atoms with Crippen LogP contribution in [0.3, 0.4) is 0 Å². The predicted molar refractivity (Wildman–Crippen MR) is 90.5 cm³/mol. The Morgan fingerprint density at radius 2 is 1.10 bits per heavy atom. The normalized spacial score (nSPS) is 11.1. The molecule has 0 amide bonds. The Balaban J connectivity index is 2.49. The molecule has 0 saturated carbocycles. The largest absolute Gasteiger partial charge is 0.508 e. The monoisotopic (exact) mass is 316 g/mol. The fourth-order valence-electron chi connectivity index (χ4n) is 2.33. The van der Waals surface area contributed by atoms with E-state index in [2.05, 4.69) is 26.2 Å². The van der Waals surface area contributed by atoms with Gasteiger partial charge in [0.2, 0.25) is 0 Å². The lowest BCUT2D eigenvalue weighted by Crippen LogP contribution is -2.28. The van der Waals surface area contributed by atoms with Crippen molar-refractivity contribution in [3.8, 4) is 23.0 Å². The van der Waals surface area contributed by atoms with Crippen LogP contribution < -0.4 is 15.1 Å². The van der Waals surface area contributed by atoms with E-state index in [-0.39, 0.29) is 11.5 Å². The first-order valence-corrected chi connectivity index (χ1v) is 11.8. The third-order valence-electron chi connectivity index (χ3n) is 3.23. The molecule has 0 bridgehead atoms. The topological polar surface area (TPSA) is 49.7 Å². The first kappa shape index (κ1) is 15.7. The van der Waals surface area contributed by atoms with E-state index in [1.54, 1.807) is 24.3 Å². The van der Waals surface area contributed by atoms with Gasteiger partial charge in [-0.1, -0.05) is 38.3 Å². The third kappa shape index (κ3) is 3.30. The van der Waals surface area contributed by atoms with Crippen LogP contribution in [0.5, 0.6) is 23.0 Å². The van der Waals surface area contributed by atoms with E-state index in [0.29, 0.717) is 11.5 Å². The molecular formula is C16H20O3Si2. The van der Waals surface area contributed by atoms with Gasteiger partial charge in [-0.15, -0.1) is 0 Å². The SMILES string of the molecule is C[Si](C)c1c(O)cccc1Oc1cccc(O)c1[Si](C)C. The van der Waals surface area contributed by atoms with Crippen LogP contribution >= 0.6 is 0 Å². The molecule has 2 N–H and O–H groups in total. The summed E-state index contributed by atoms with van der Waals surface area (Å²) in [5.41, 5.74) is 0. The Hall–Kier alpha value is -1.73. The summed E-state index contributed by atoms with van der Waals surface area (Å²) in [6, 6.07) is 10.7. The zero-order valence-corrected chi connectivity index (χ0v) is 14.8. The summed E-state index contributed by atoms with van der Waals surface area (Å²) in [6.45, 7) is 8.46. The molecule has 0 spiro atoms. The van der Waals surface area contributed by atoms with Crippen LogP contribution in [0.1, 0.15) is 0 Å². The van der Waals surface area contributed by atoms with Crippen molar-refractivity contribution < 1.29 is 14.9 Å². The number of hydrogen-bond donors (Lipinski definition) is 2. The summed E-state index contributed by atoms with van der Waals surface area (Å²) in [4.78, 5) is 0. The van der Waals surface area contributed by atoms with E-state index >= 15 is 0 Å². The molecule has 2 aromatic carbocycles. The number of ether oxygens (including phenoxy) is 1.